The molecule has 5 rings (SSSR count). The first-order valence-corrected chi connectivity index (χ1v) is 10.3. The predicted molar refractivity (Wildman–Crippen MR) is 112 cm³/mol. The molecule has 0 aromatic heterocycles. The largest absolute Gasteiger partial charge is 0.340 e. The second-order valence-electron chi connectivity index (χ2n) is 8.09. The summed E-state index contributed by atoms with van der Waals surface area (Å²) in [5.41, 5.74) is 2.57. The van der Waals surface area contributed by atoms with Crippen LogP contribution in [0.2, 0.25) is 0 Å². The molecule has 0 spiro atoms. The van der Waals surface area contributed by atoms with Crippen LogP contribution < -0.4 is 4.90 Å². The monoisotopic (exact) mass is 404 g/mol. The zero-order chi connectivity index (χ0) is 20.8. The van der Waals surface area contributed by atoms with Crippen LogP contribution in [0.3, 0.4) is 0 Å². The fraction of sp³-hybridized carbons (Fsp3) is 0.348. The Morgan fingerprint density at radius 1 is 0.900 bits per heavy atom. The molecule has 3 aliphatic heterocycles. The van der Waals surface area contributed by atoms with Crippen molar-refractivity contribution in [2.45, 2.75) is 12.6 Å². The standard InChI is InChI=1S/C23H24N4O3/c1-24-12-14-25(15-13-24)20(28)10-11-26-21-16-6-2-3-7-17(16)23(30)27(21)19-9-5-4-8-18(19)22(26)29/h2-9,21H,10-15H2,1H3/t21-/m1/s1. The topological polar surface area (TPSA) is 64.2 Å². The molecular formula is C23H24N4O3. The van der Waals surface area contributed by atoms with E-state index in [-0.39, 0.29) is 30.7 Å². The molecule has 1 saturated heterocycles. The maximum Gasteiger partial charge on any atom is 0.260 e. The van der Waals surface area contributed by atoms with E-state index in [4.69, 9.17) is 0 Å². The van der Waals surface area contributed by atoms with Crippen LogP contribution in [0, 0.1) is 0 Å². The van der Waals surface area contributed by atoms with Gasteiger partial charge < -0.3 is 14.7 Å². The number of hydrogen-bond acceptors (Lipinski definition) is 4. The van der Waals surface area contributed by atoms with Gasteiger partial charge in [-0.15, -0.1) is 0 Å². The van der Waals surface area contributed by atoms with E-state index < -0.39 is 6.17 Å². The zero-order valence-corrected chi connectivity index (χ0v) is 17.0. The summed E-state index contributed by atoms with van der Waals surface area (Å²) in [5, 5.41) is 0. The highest BCUT2D eigenvalue weighted by Gasteiger charge is 2.47. The highest BCUT2D eigenvalue weighted by atomic mass is 16.2. The van der Waals surface area contributed by atoms with Gasteiger partial charge in [0.05, 0.1) is 11.3 Å². The lowest BCUT2D eigenvalue weighted by atomic mass is 10.0. The van der Waals surface area contributed by atoms with Crippen molar-refractivity contribution in [1.29, 1.82) is 0 Å². The van der Waals surface area contributed by atoms with Gasteiger partial charge in [-0.3, -0.25) is 19.3 Å². The van der Waals surface area contributed by atoms with E-state index in [1.807, 2.05) is 35.2 Å². The highest BCUT2D eigenvalue weighted by molar-refractivity contribution is 6.16. The molecule has 1 atom stereocenters. The van der Waals surface area contributed by atoms with Crippen molar-refractivity contribution < 1.29 is 14.4 Å². The Hall–Kier alpha value is -3.19. The number of amides is 3. The van der Waals surface area contributed by atoms with Crippen molar-refractivity contribution in [2.24, 2.45) is 0 Å². The molecule has 2 aromatic carbocycles. The van der Waals surface area contributed by atoms with Crippen LogP contribution in [-0.2, 0) is 4.79 Å². The molecule has 3 amide bonds. The first-order valence-electron chi connectivity index (χ1n) is 10.3. The van der Waals surface area contributed by atoms with Crippen LogP contribution >= 0.6 is 0 Å². The van der Waals surface area contributed by atoms with Gasteiger partial charge >= 0.3 is 0 Å². The smallest absolute Gasteiger partial charge is 0.260 e. The normalized spacial score (nSPS) is 20.8. The third kappa shape index (κ3) is 2.89. The summed E-state index contributed by atoms with van der Waals surface area (Å²) in [6.07, 6.45) is -0.255. The number of rotatable bonds is 3. The number of hydrogen-bond donors (Lipinski definition) is 0. The van der Waals surface area contributed by atoms with Gasteiger partial charge in [0, 0.05) is 50.3 Å². The van der Waals surface area contributed by atoms with E-state index in [0.29, 0.717) is 29.9 Å². The van der Waals surface area contributed by atoms with Crippen LogP contribution in [-0.4, -0.2) is 72.2 Å². The predicted octanol–water partition coefficient (Wildman–Crippen LogP) is 1.97. The third-order valence-electron chi connectivity index (χ3n) is 6.31. The van der Waals surface area contributed by atoms with Gasteiger partial charge in [0.25, 0.3) is 11.8 Å². The first kappa shape index (κ1) is 18.8. The van der Waals surface area contributed by atoms with Crippen LogP contribution in [0.4, 0.5) is 5.69 Å². The SMILES string of the molecule is CN1CCN(C(=O)CCN2C(=O)c3ccccc3N3C(=O)c4ccccc4[C@H]23)CC1. The summed E-state index contributed by atoms with van der Waals surface area (Å²) >= 11 is 0. The Morgan fingerprint density at radius 3 is 2.33 bits per heavy atom. The molecule has 7 nitrogen and oxygen atoms in total. The van der Waals surface area contributed by atoms with E-state index >= 15 is 0 Å². The summed E-state index contributed by atoms with van der Waals surface area (Å²) in [7, 11) is 2.05. The lowest BCUT2D eigenvalue weighted by molar-refractivity contribution is -0.133. The molecule has 1 fully saturated rings. The van der Waals surface area contributed by atoms with Gasteiger partial charge in [-0.05, 0) is 25.2 Å². The van der Waals surface area contributed by atoms with Gasteiger partial charge in [-0.25, -0.2) is 0 Å². The molecule has 0 saturated carbocycles. The van der Waals surface area contributed by atoms with Crippen molar-refractivity contribution in [3.8, 4) is 0 Å². The number of benzene rings is 2. The Morgan fingerprint density at radius 2 is 1.57 bits per heavy atom. The average Bonchev–Trinajstić information content (AvgIpc) is 3.07. The van der Waals surface area contributed by atoms with Crippen LogP contribution in [0.1, 0.15) is 38.9 Å². The Balaban J connectivity index is 1.45. The van der Waals surface area contributed by atoms with Crippen molar-refractivity contribution >= 4 is 23.4 Å². The van der Waals surface area contributed by atoms with E-state index in [0.717, 1.165) is 18.7 Å². The summed E-state index contributed by atoms with van der Waals surface area (Å²) in [5.74, 6) is -0.188. The van der Waals surface area contributed by atoms with E-state index in [2.05, 4.69) is 11.9 Å². The Labute approximate surface area is 175 Å². The number of carbonyl (C=O) groups is 3. The number of fused-ring (bicyclic) bond motifs is 5. The molecule has 3 aliphatic rings. The number of anilines is 1. The van der Waals surface area contributed by atoms with Crippen molar-refractivity contribution in [1.82, 2.24) is 14.7 Å². The fourth-order valence-corrected chi connectivity index (χ4v) is 4.63. The third-order valence-corrected chi connectivity index (χ3v) is 6.31. The fourth-order valence-electron chi connectivity index (χ4n) is 4.63. The molecule has 0 N–H and O–H groups in total. The quantitative estimate of drug-likeness (QED) is 0.785. The van der Waals surface area contributed by atoms with Crippen LogP contribution in [0.25, 0.3) is 0 Å². The van der Waals surface area contributed by atoms with Gasteiger partial charge in [0.15, 0.2) is 0 Å². The first-order chi connectivity index (χ1) is 14.6. The minimum absolute atomic E-state index is 0.0546. The summed E-state index contributed by atoms with van der Waals surface area (Å²) < 4.78 is 0. The molecule has 0 unspecified atom stereocenters. The maximum absolute atomic E-state index is 13.4. The van der Waals surface area contributed by atoms with Crippen LogP contribution in [0.15, 0.2) is 48.5 Å². The second-order valence-corrected chi connectivity index (χ2v) is 8.09. The number of likely N-dealkylation sites (N-methyl/N-ethyl adjacent to an activating group) is 1. The molecule has 2 aromatic rings. The number of carbonyl (C=O) groups excluding carboxylic acids is 3. The Kier molecular flexibility index (Phi) is 4.55. The van der Waals surface area contributed by atoms with Crippen molar-refractivity contribution in [3.05, 3.63) is 65.2 Å². The molecule has 0 radical (unpaired) electrons. The van der Waals surface area contributed by atoms with Crippen molar-refractivity contribution in [3.63, 3.8) is 0 Å². The average molecular weight is 404 g/mol. The van der Waals surface area contributed by atoms with Gasteiger partial charge in [0.2, 0.25) is 5.91 Å². The molecule has 0 aliphatic carbocycles. The summed E-state index contributed by atoms with van der Waals surface area (Å²) in [6.45, 7) is 3.42. The molecular weight excluding hydrogens is 380 g/mol. The highest BCUT2D eigenvalue weighted by Crippen LogP contribution is 2.45. The van der Waals surface area contributed by atoms with E-state index in [9.17, 15) is 14.4 Å². The van der Waals surface area contributed by atoms with Gasteiger partial charge in [-0.2, -0.15) is 0 Å². The maximum atomic E-state index is 13.4. The van der Waals surface area contributed by atoms with Crippen LogP contribution in [0.5, 0.6) is 0 Å². The summed E-state index contributed by atoms with van der Waals surface area (Å²) in [4.78, 5) is 46.8. The Bertz CT molecular complexity index is 1030. The number of nitrogens with zero attached hydrogens (tertiary/aromatic N) is 4. The molecule has 154 valence electrons. The zero-order valence-electron chi connectivity index (χ0n) is 17.0. The number of para-hydroxylation sites is 1. The van der Waals surface area contributed by atoms with E-state index in [1.165, 1.54) is 0 Å². The lowest BCUT2D eigenvalue weighted by Gasteiger charge is -2.41. The van der Waals surface area contributed by atoms with Gasteiger partial charge in [-0.1, -0.05) is 30.3 Å². The van der Waals surface area contributed by atoms with Gasteiger partial charge in [0.1, 0.15) is 6.17 Å². The minimum Gasteiger partial charge on any atom is -0.340 e. The molecule has 7 heteroatoms. The molecule has 30 heavy (non-hydrogen) atoms. The van der Waals surface area contributed by atoms with E-state index in [1.54, 1.807) is 28.0 Å². The van der Waals surface area contributed by atoms with Crippen molar-refractivity contribution in [2.75, 3.05) is 44.7 Å². The minimum atomic E-state index is -0.503. The summed E-state index contributed by atoms with van der Waals surface area (Å²) in [6, 6.07) is 14.6. The lowest BCUT2D eigenvalue weighted by Crippen LogP contribution is -2.50. The molecule has 0 bridgehead atoms. The second kappa shape index (κ2) is 7.25. The molecule has 3 heterocycles. The number of piperazine rings is 1.